The minimum atomic E-state index is -1.02. The predicted molar refractivity (Wildman–Crippen MR) is 104 cm³/mol. The zero-order valence-corrected chi connectivity index (χ0v) is 17.0. The Morgan fingerprint density at radius 1 is 1.31 bits per heavy atom. The molecule has 1 unspecified atom stereocenters. The van der Waals surface area contributed by atoms with Gasteiger partial charge in [0.05, 0.1) is 31.4 Å². The number of hydrogen-bond acceptors (Lipinski definition) is 6. The van der Waals surface area contributed by atoms with Crippen molar-refractivity contribution in [1.29, 1.82) is 0 Å². The summed E-state index contributed by atoms with van der Waals surface area (Å²) in [4.78, 5) is 36.1. The average Bonchev–Trinajstić information content (AvgIpc) is 2.70. The first-order valence-corrected chi connectivity index (χ1v) is 9.58. The molecule has 1 aliphatic heterocycles. The summed E-state index contributed by atoms with van der Waals surface area (Å²) in [5, 5.41) is 12.3. The van der Waals surface area contributed by atoms with E-state index in [2.05, 4.69) is 5.32 Å². The van der Waals surface area contributed by atoms with E-state index in [9.17, 15) is 19.5 Å². The van der Waals surface area contributed by atoms with Crippen molar-refractivity contribution in [3.05, 3.63) is 29.3 Å². The van der Waals surface area contributed by atoms with Gasteiger partial charge in [-0.1, -0.05) is 6.07 Å². The molecule has 1 saturated heterocycles. The molecule has 2 amide bonds. The highest BCUT2D eigenvalue weighted by atomic mass is 16.5. The third-order valence-corrected chi connectivity index (χ3v) is 4.73. The van der Waals surface area contributed by atoms with Crippen molar-refractivity contribution in [1.82, 2.24) is 10.2 Å². The molecule has 1 aliphatic rings. The highest BCUT2D eigenvalue weighted by Gasteiger charge is 2.35. The number of carboxylic acid groups (broad SMARTS) is 1. The Labute approximate surface area is 169 Å². The lowest BCUT2D eigenvalue weighted by atomic mass is 9.92. The van der Waals surface area contributed by atoms with Gasteiger partial charge in [0.25, 0.3) is 0 Å². The van der Waals surface area contributed by atoms with Gasteiger partial charge in [0, 0.05) is 25.6 Å². The van der Waals surface area contributed by atoms with E-state index in [4.69, 9.17) is 14.2 Å². The number of esters is 1. The van der Waals surface area contributed by atoms with E-state index in [0.29, 0.717) is 42.9 Å². The number of ether oxygens (including phenoxy) is 3. The summed E-state index contributed by atoms with van der Waals surface area (Å²) < 4.78 is 16.3. The average molecular weight is 408 g/mol. The Balaban J connectivity index is 2.33. The zero-order chi connectivity index (χ0) is 21.4. The molecule has 2 N–H and O–H groups in total. The molecular weight excluding hydrogens is 380 g/mol. The van der Waals surface area contributed by atoms with Gasteiger partial charge in [0.1, 0.15) is 12.4 Å². The van der Waals surface area contributed by atoms with Crippen LogP contribution in [0, 0.1) is 0 Å². The van der Waals surface area contributed by atoms with Gasteiger partial charge in [-0.2, -0.15) is 0 Å². The van der Waals surface area contributed by atoms with Crippen LogP contribution in [-0.4, -0.2) is 67.5 Å². The molecular formula is C20H28N2O7. The number of benzene rings is 1. The minimum Gasteiger partial charge on any atom is -0.491 e. The molecule has 0 radical (unpaired) electrons. The van der Waals surface area contributed by atoms with Crippen molar-refractivity contribution in [2.75, 3.05) is 33.4 Å². The number of carbonyl (C=O) groups excluding carboxylic acids is 2. The van der Waals surface area contributed by atoms with Crippen LogP contribution in [0.4, 0.5) is 4.79 Å². The van der Waals surface area contributed by atoms with Crippen LogP contribution in [0.3, 0.4) is 0 Å². The topological polar surface area (TPSA) is 114 Å². The summed E-state index contributed by atoms with van der Waals surface area (Å²) in [5.74, 6) is -0.318. The van der Waals surface area contributed by atoms with Crippen molar-refractivity contribution in [2.45, 2.75) is 38.8 Å². The monoisotopic (exact) mass is 408 g/mol. The molecule has 0 bridgehead atoms. The van der Waals surface area contributed by atoms with E-state index >= 15 is 0 Å². The fourth-order valence-electron chi connectivity index (χ4n) is 3.41. The standard InChI is InChI=1S/C20H28N2O7/c1-4-28-15-7-9-22(20(25)26)17(12-15)16-6-5-14(19(24)27-3)11-18(16)29-10-8-21-13(2)23/h5-6,11,15,17H,4,7-10,12H2,1-3H3,(H,21,23)(H,25,26)/t15?,17-/m0/s1. The summed E-state index contributed by atoms with van der Waals surface area (Å²) in [6.45, 7) is 4.66. The first-order valence-electron chi connectivity index (χ1n) is 9.58. The molecule has 2 rings (SSSR count). The summed E-state index contributed by atoms with van der Waals surface area (Å²) in [6, 6.07) is 4.35. The molecule has 2 atom stereocenters. The van der Waals surface area contributed by atoms with Crippen LogP contribution >= 0.6 is 0 Å². The Hall–Kier alpha value is -2.81. The number of nitrogens with zero attached hydrogens (tertiary/aromatic N) is 1. The second-order valence-corrected chi connectivity index (χ2v) is 6.67. The van der Waals surface area contributed by atoms with Gasteiger partial charge in [-0.3, -0.25) is 4.79 Å². The maximum absolute atomic E-state index is 11.9. The van der Waals surface area contributed by atoms with Crippen LogP contribution in [0.25, 0.3) is 0 Å². The van der Waals surface area contributed by atoms with Crippen molar-refractivity contribution >= 4 is 18.0 Å². The second-order valence-electron chi connectivity index (χ2n) is 6.67. The number of amides is 2. The maximum atomic E-state index is 11.9. The van der Waals surface area contributed by atoms with Crippen molar-refractivity contribution in [3.8, 4) is 5.75 Å². The van der Waals surface area contributed by atoms with Crippen LogP contribution in [0.5, 0.6) is 5.75 Å². The fraction of sp³-hybridized carbons (Fsp3) is 0.550. The lowest BCUT2D eigenvalue weighted by molar-refractivity contribution is -0.119. The normalized spacial score (nSPS) is 18.8. The van der Waals surface area contributed by atoms with E-state index in [0.717, 1.165) is 0 Å². The number of nitrogens with one attached hydrogen (secondary N) is 1. The second kappa shape index (κ2) is 10.7. The number of rotatable bonds is 8. The molecule has 0 aliphatic carbocycles. The molecule has 29 heavy (non-hydrogen) atoms. The molecule has 0 aromatic heterocycles. The molecule has 160 valence electrons. The summed E-state index contributed by atoms with van der Waals surface area (Å²) in [6.07, 6.45) is 0.0225. The summed E-state index contributed by atoms with van der Waals surface area (Å²) >= 11 is 0. The SMILES string of the molecule is CCOC1CCN(C(=O)O)[C@H](c2ccc(C(=O)OC)cc2OCCNC(C)=O)C1. The fourth-order valence-corrected chi connectivity index (χ4v) is 3.41. The van der Waals surface area contributed by atoms with Gasteiger partial charge in [-0.15, -0.1) is 0 Å². The largest absolute Gasteiger partial charge is 0.491 e. The van der Waals surface area contributed by atoms with Crippen molar-refractivity contribution < 1.29 is 33.7 Å². The minimum absolute atomic E-state index is 0.0619. The third-order valence-electron chi connectivity index (χ3n) is 4.73. The molecule has 9 heteroatoms. The van der Waals surface area contributed by atoms with Crippen LogP contribution in [-0.2, 0) is 14.3 Å². The molecule has 1 aromatic rings. The Bertz CT molecular complexity index is 738. The highest BCUT2D eigenvalue weighted by molar-refractivity contribution is 5.90. The van der Waals surface area contributed by atoms with E-state index in [1.807, 2.05) is 6.92 Å². The van der Waals surface area contributed by atoms with E-state index in [1.54, 1.807) is 18.2 Å². The smallest absolute Gasteiger partial charge is 0.407 e. The quantitative estimate of drug-likeness (QED) is 0.501. The number of methoxy groups -OCH3 is 1. The van der Waals surface area contributed by atoms with E-state index in [1.165, 1.54) is 18.9 Å². The van der Waals surface area contributed by atoms with Gasteiger partial charge >= 0.3 is 12.1 Å². The molecule has 0 saturated carbocycles. The first-order chi connectivity index (χ1) is 13.9. The molecule has 1 heterocycles. The van der Waals surface area contributed by atoms with Gasteiger partial charge in [0.2, 0.25) is 5.91 Å². The Morgan fingerprint density at radius 2 is 2.07 bits per heavy atom. The Morgan fingerprint density at radius 3 is 2.69 bits per heavy atom. The zero-order valence-electron chi connectivity index (χ0n) is 17.0. The van der Waals surface area contributed by atoms with Gasteiger partial charge in [-0.05, 0) is 31.9 Å². The van der Waals surface area contributed by atoms with E-state index in [-0.39, 0.29) is 25.2 Å². The molecule has 1 aromatic carbocycles. The summed E-state index contributed by atoms with van der Waals surface area (Å²) in [7, 11) is 1.29. The van der Waals surface area contributed by atoms with Crippen LogP contribution in [0.15, 0.2) is 18.2 Å². The van der Waals surface area contributed by atoms with Gasteiger partial charge in [-0.25, -0.2) is 9.59 Å². The first kappa shape index (κ1) is 22.5. The van der Waals surface area contributed by atoms with Gasteiger partial charge in [0.15, 0.2) is 0 Å². The molecule has 1 fully saturated rings. The molecule has 0 spiro atoms. The van der Waals surface area contributed by atoms with Crippen LogP contribution < -0.4 is 10.1 Å². The number of likely N-dealkylation sites (tertiary alicyclic amines) is 1. The molecule has 9 nitrogen and oxygen atoms in total. The lowest BCUT2D eigenvalue weighted by Crippen LogP contribution is -2.42. The number of piperidine rings is 1. The summed E-state index contributed by atoms with van der Waals surface area (Å²) in [5.41, 5.74) is 0.942. The highest BCUT2D eigenvalue weighted by Crippen LogP contribution is 2.38. The van der Waals surface area contributed by atoms with E-state index < -0.39 is 18.1 Å². The van der Waals surface area contributed by atoms with Crippen LogP contribution in [0.2, 0.25) is 0 Å². The van der Waals surface area contributed by atoms with Crippen molar-refractivity contribution in [2.24, 2.45) is 0 Å². The number of hydrogen-bond donors (Lipinski definition) is 2. The van der Waals surface area contributed by atoms with Crippen LogP contribution in [0.1, 0.15) is 48.7 Å². The van der Waals surface area contributed by atoms with Gasteiger partial charge < -0.3 is 29.5 Å². The maximum Gasteiger partial charge on any atom is 0.407 e. The van der Waals surface area contributed by atoms with Crippen molar-refractivity contribution in [3.63, 3.8) is 0 Å². The third kappa shape index (κ3) is 6.08. The Kier molecular flexibility index (Phi) is 8.26. The number of carbonyl (C=O) groups is 3. The lowest BCUT2D eigenvalue weighted by Gasteiger charge is -2.38. The predicted octanol–water partition coefficient (Wildman–Crippen LogP) is 2.21.